The number of ether oxygens (including phenoxy) is 4. The van der Waals surface area contributed by atoms with Gasteiger partial charge in [-0.05, 0) is 30.3 Å². The molecule has 9 heteroatoms. The molecule has 2 heterocycles. The zero-order valence-electron chi connectivity index (χ0n) is 15.2. The van der Waals surface area contributed by atoms with Crippen molar-refractivity contribution in [3.8, 4) is 28.7 Å². The van der Waals surface area contributed by atoms with Gasteiger partial charge < -0.3 is 23.4 Å². The molecule has 1 aliphatic rings. The van der Waals surface area contributed by atoms with E-state index in [1.165, 1.54) is 11.8 Å². The number of fused-ring (bicyclic) bond motifs is 1. The molecule has 0 saturated heterocycles. The number of hydrogen-bond acceptors (Lipinski definition) is 8. The Balaban J connectivity index is 1.51. The third-order valence-electron chi connectivity index (χ3n) is 4.14. The van der Waals surface area contributed by atoms with Gasteiger partial charge in [0.2, 0.25) is 5.89 Å². The van der Waals surface area contributed by atoms with Crippen LogP contribution in [0.2, 0.25) is 5.02 Å². The van der Waals surface area contributed by atoms with Crippen LogP contribution in [0.25, 0.3) is 11.5 Å². The first-order valence-electron chi connectivity index (χ1n) is 8.38. The quantitative estimate of drug-likeness (QED) is 0.537. The highest BCUT2D eigenvalue weighted by Gasteiger charge is 2.18. The van der Waals surface area contributed by atoms with Crippen LogP contribution in [0.5, 0.6) is 17.2 Å². The van der Waals surface area contributed by atoms with Gasteiger partial charge in [0.1, 0.15) is 5.75 Å². The van der Waals surface area contributed by atoms with Crippen LogP contribution in [-0.4, -0.2) is 31.2 Å². The van der Waals surface area contributed by atoms with E-state index in [0.29, 0.717) is 40.0 Å². The lowest BCUT2D eigenvalue weighted by Crippen LogP contribution is -2.12. The van der Waals surface area contributed by atoms with Crippen molar-refractivity contribution in [3.63, 3.8) is 0 Å². The van der Waals surface area contributed by atoms with Gasteiger partial charge in [-0.1, -0.05) is 23.4 Å². The largest absolute Gasteiger partial charge is 0.493 e. The molecule has 1 aromatic heterocycles. The summed E-state index contributed by atoms with van der Waals surface area (Å²) in [5.41, 5.74) is 2.64. The van der Waals surface area contributed by atoms with Crippen molar-refractivity contribution in [2.24, 2.45) is 0 Å². The summed E-state index contributed by atoms with van der Waals surface area (Å²) in [6.07, 6.45) is 0. The molecule has 0 unspecified atom stereocenters. The summed E-state index contributed by atoms with van der Waals surface area (Å²) in [5, 5.41) is 9.33. The molecule has 7 nitrogen and oxygen atoms in total. The molecule has 0 aliphatic carbocycles. The Hall–Kier alpha value is -2.42. The Morgan fingerprint density at radius 2 is 1.96 bits per heavy atom. The fourth-order valence-corrected chi connectivity index (χ4v) is 3.85. The van der Waals surface area contributed by atoms with Crippen molar-refractivity contribution in [2.75, 3.05) is 21.0 Å². The van der Waals surface area contributed by atoms with Gasteiger partial charge in [0.05, 0.1) is 20.8 Å². The van der Waals surface area contributed by atoms with E-state index in [1.807, 2.05) is 18.2 Å². The summed E-state index contributed by atoms with van der Waals surface area (Å²) in [4.78, 5) is 0. The van der Waals surface area contributed by atoms with E-state index < -0.39 is 0 Å². The molecule has 28 heavy (non-hydrogen) atoms. The minimum Gasteiger partial charge on any atom is -0.493 e. The van der Waals surface area contributed by atoms with E-state index in [1.54, 1.807) is 26.4 Å². The number of thioether (sulfide) groups is 1. The summed E-state index contributed by atoms with van der Waals surface area (Å²) >= 11 is 7.62. The highest BCUT2D eigenvalue weighted by molar-refractivity contribution is 7.98. The van der Waals surface area contributed by atoms with E-state index in [0.717, 1.165) is 22.4 Å². The zero-order chi connectivity index (χ0) is 19.5. The topological polar surface area (TPSA) is 75.8 Å². The van der Waals surface area contributed by atoms with Gasteiger partial charge in [0.15, 0.2) is 18.3 Å². The molecule has 0 spiro atoms. The number of rotatable bonds is 6. The van der Waals surface area contributed by atoms with Crippen molar-refractivity contribution < 1.29 is 23.4 Å². The summed E-state index contributed by atoms with van der Waals surface area (Å²) in [5.74, 6) is 3.02. The van der Waals surface area contributed by atoms with E-state index >= 15 is 0 Å². The first-order valence-corrected chi connectivity index (χ1v) is 9.75. The first-order chi connectivity index (χ1) is 13.7. The average molecular weight is 421 g/mol. The van der Waals surface area contributed by atoms with Crippen LogP contribution in [-0.2, 0) is 17.1 Å². The Morgan fingerprint density at radius 3 is 2.79 bits per heavy atom. The van der Waals surface area contributed by atoms with Crippen LogP contribution >= 0.6 is 23.4 Å². The molecule has 0 fully saturated rings. The number of nitrogens with zero attached hydrogens (tertiary/aromatic N) is 2. The van der Waals surface area contributed by atoms with Gasteiger partial charge >= 0.3 is 0 Å². The lowest BCUT2D eigenvalue weighted by Gasteiger charge is -2.20. The van der Waals surface area contributed by atoms with Crippen molar-refractivity contribution in [3.05, 3.63) is 46.5 Å². The van der Waals surface area contributed by atoms with E-state index in [9.17, 15) is 0 Å². The van der Waals surface area contributed by atoms with Gasteiger partial charge in [0.25, 0.3) is 5.22 Å². The summed E-state index contributed by atoms with van der Waals surface area (Å²) < 4.78 is 27.3. The molecule has 0 atom stereocenters. The lowest BCUT2D eigenvalue weighted by molar-refractivity contribution is -0.0168. The molecule has 146 valence electrons. The van der Waals surface area contributed by atoms with Gasteiger partial charge in [-0.2, -0.15) is 0 Å². The fraction of sp³-hybridized carbons (Fsp3) is 0.263. The minimum atomic E-state index is 0.232. The molecule has 0 bridgehead atoms. The SMILES string of the molecule is COc1ccc(-c2nnc(SCc3cc(Cl)cc4c3OCOC4)o2)cc1OC. The second kappa shape index (κ2) is 8.30. The van der Waals surface area contributed by atoms with Crippen LogP contribution < -0.4 is 14.2 Å². The number of methoxy groups -OCH3 is 2. The number of halogens is 1. The Labute approximate surface area is 170 Å². The maximum Gasteiger partial charge on any atom is 0.277 e. The molecule has 0 N–H and O–H groups in total. The monoisotopic (exact) mass is 420 g/mol. The molecule has 0 saturated carbocycles. The van der Waals surface area contributed by atoms with Gasteiger partial charge in [-0.15, -0.1) is 10.2 Å². The third kappa shape index (κ3) is 3.89. The van der Waals surface area contributed by atoms with Gasteiger partial charge in [0, 0.05) is 27.5 Å². The van der Waals surface area contributed by atoms with Crippen LogP contribution in [0.1, 0.15) is 11.1 Å². The van der Waals surface area contributed by atoms with Crippen LogP contribution in [0.3, 0.4) is 0 Å². The second-order valence-electron chi connectivity index (χ2n) is 5.90. The van der Waals surface area contributed by atoms with Crippen molar-refractivity contribution in [1.29, 1.82) is 0 Å². The molecule has 3 aromatic rings. The van der Waals surface area contributed by atoms with E-state index in [-0.39, 0.29) is 6.79 Å². The molecular weight excluding hydrogens is 404 g/mol. The Kier molecular flexibility index (Phi) is 5.61. The number of aromatic nitrogens is 2. The number of benzene rings is 2. The maximum absolute atomic E-state index is 6.21. The highest BCUT2D eigenvalue weighted by atomic mass is 35.5. The summed E-state index contributed by atoms with van der Waals surface area (Å²) in [7, 11) is 3.17. The van der Waals surface area contributed by atoms with Crippen LogP contribution in [0.15, 0.2) is 40.0 Å². The van der Waals surface area contributed by atoms with Crippen molar-refractivity contribution >= 4 is 23.4 Å². The Bertz CT molecular complexity index is 994. The van der Waals surface area contributed by atoms with Crippen LogP contribution in [0, 0.1) is 0 Å². The zero-order valence-corrected chi connectivity index (χ0v) is 16.8. The smallest absolute Gasteiger partial charge is 0.277 e. The summed E-state index contributed by atoms with van der Waals surface area (Å²) in [6.45, 7) is 0.716. The number of hydrogen-bond donors (Lipinski definition) is 0. The van der Waals surface area contributed by atoms with E-state index in [2.05, 4.69) is 10.2 Å². The van der Waals surface area contributed by atoms with Gasteiger partial charge in [-0.25, -0.2) is 0 Å². The standard InChI is InChI=1S/C19H17ClN2O5S/c1-23-15-4-3-11(7-16(15)24-2)18-21-22-19(27-18)28-9-13-6-14(20)5-12-8-25-10-26-17(12)13/h3-7H,8-10H2,1-2H3. The average Bonchev–Trinajstić information content (AvgIpc) is 3.20. The molecule has 1 aliphatic heterocycles. The van der Waals surface area contributed by atoms with Crippen molar-refractivity contribution in [1.82, 2.24) is 10.2 Å². The predicted molar refractivity (Wildman–Crippen MR) is 104 cm³/mol. The molecule has 0 radical (unpaired) electrons. The first kappa shape index (κ1) is 18.9. The van der Waals surface area contributed by atoms with Gasteiger partial charge in [-0.3, -0.25) is 0 Å². The predicted octanol–water partition coefficient (Wildman–Crippen LogP) is 4.57. The van der Waals surface area contributed by atoms with Crippen molar-refractivity contribution in [2.45, 2.75) is 17.6 Å². The highest BCUT2D eigenvalue weighted by Crippen LogP contribution is 2.36. The molecule has 4 rings (SSSR count). The van der Waals surface area contributed by atoms with E-state index in [4.69, 9.17) is 35.0 Å². The fourth-order valence-electron chi connectivity index (χ4n) is 2.86. The molecule has 0 amide bonds. The molecular formula is C19H17ClN2O5S. The normalized spacial score (nSPS) is 13.0. The second-order valence-corrected chi connectivity index (χ2v) is 7.26. The molecule has 2 aromatic carbocycles. The third-order valence-corrected chi connectivity index (χ3v) is 5.23. The minimum absolute atomic E-state index is 0.232. The Morgan fingerprint density at radius 1 is 1.11 bits per heavy atom. The lowest BCUT2D eigenvalue weighted by atomic mass is 10.1. The summed E-state index contributed by atoms with van der Waals surface area (Å²) in [6, 6.07) is 9.16. The van der Waals surface area contributed by atoms with Crippen LogP contribution in [0.4, 0.5) is 0 Å². The maximum atomic E-state index is 6.21.